The van der Waals surface area contributed by atoms with Gasteiger partial charge in [0.25, 0.3) is 5.91 Å². The number of rotatable bonds is 5. The van der Waals surface area contributed by atoms with Crippen molar-refractivity contribution in [2.75, 3.05) is 11.9 Å². The van der Waals surface area contributed by atoms with Crippen LogP contribution in [0.5, 0.6) is 0 Å². The highest BCUT2D eigenvalue weighted by molar-refractivity contribution is 6.29. The van der Waals surface area contributed by atoms with Gasteiger partial charge in [0.1, 0.15) is 11.0 Å². The smallest absolute Gasteiger partial charge is 0.251 e. The number of hydrogen-bond acceptors (Lipinski definition) is 3. The molecule has 0 bridgehead atoms. The summed E-state index contributed by atoms with van der Waals surface area (Å²) in [6, 6.07) is 3.33. The highest BCUT2D eigenvalue weighted by atomic mass is 35.5. The molecule has 0 saturated heterocycles. The number of carbonyl (C=O) groups excluding carboxylic acids is 1. The Morgan fingerprint density at radius 1 is 1.47 bits per heavy atom. The molecule has 19 heavy (non-hydrogen) atoms. The molecular formula is C14H20ClN3O. The maximum atomic E-state index is 12.3. The summed E-state index contributed by atoms with van der Waals surface area (Å²) in [6.07, 6.45) is 2.38. The van der Waals surface area contributed by atoms with Crippen molar-refractivity contribution in [2.45, 2.75) is 39.2 Å². The molecule has 5 heteroatoms. The summed E-state index contributed by atoms with van der Waals surface area (Å²) in [6.45, 7) is 6.84. The van der Waals surface area contributed by atoms with Crippen LogP contribution in [0.25, 0.3) is 0 Å². The fourth-order valence-electron chi connectivity index (χ4n) is 2.17. The van der Waals surface area contributed by atoms with Crippen molar-refractivity contribution in [3.8, 4) is 0 Å². The number of hydrogen-bond donors (Lipinski definition) is 2. The molecule has 0 atom stereocenters. The van der Waals surface area contributed by atoms with Crippen LogP contribution in [-0.4, -0.2) is 23.0 Å². The fraction of sp³-hybridized carbons (Fsp3) is 0.571. The molecule has 0 spiro atoms. The Morgan fingerprint density at radius 2 is 2.16 bits per heavy atom. The van der Waals surface area contributed by atoms with Crippen molar-refractivity contribution >= 4 is 23.3 Å². The number of pyridine rings is 1. The Morgan fingerprint density at radius 3 is 2.74 bits per heavy atom. The van der Waals surface area contributed by atoms with Gasteiger partial charge in [-0.05, 0) is 51.7 Å². The van der Waals surface area contributed by atoms with E-state index in [9.17, 15) is 4.79 Å². The van der Waals surface area contributed by atoms with Gasteiger partial charge in [0.2, 0.25) is 0 Å². The minimum atomic E-state index is -0.162. The summed E-state index contributed by atoms with van der Waals surface area (Å²) in [4.78, 5) is 16.4. The zero-order chi connectivity index (χ0) is 14.0. The molecule has 1 amide bonds. The number of nitrogens with one attached hydrogen (secondary N) is 2. The van der Waals surface area contributed by atoms with Crippen molar-refractivity contribution in [3.63, 3.8) is 0 Å². The molecule has 4 nitrogen and oxygen atoms in total. The lowest BCUT2D eigenvalue weighted by atomic mass is 9.98. The van der Waals surface area contributed by atoms with Gasteiger partial charge in [0.15, 0.2) is 0 Å². The highest BCUT2D eigenvalue weighted by Gasteiger charge is 2.38. The van der Waals surface area contributed by atoms with Crippen LogP contribution in [0.3, 0.4) is 0 Å². The van der Waals surface area contributed by atoms with Crippen molar-refractivity contribution in [3.05, 3.63) is 22.8 Å². The monoisotopic (exact) mass is 281 g/mol. The van der Waals surface area contributed by atoms with Gasteiger partial charge in [-0.1, -0.05) is 11.6 Å². The van der Waals surface area contributed by atoms with E-state index in [0.29, 0.717) is 22.5 Å². The number of carbonyl (C=O) groups is 1. The van der Waals surface area contributed by atoms with Crippen LogP contribution in [0.4, 0.5) is 5.82 Å². The lowest BCUT2D eigenvalue weighted by molar-refractivity contribution is 0.0903. The van der Waals surface area contributed by atoms with Crippen LogP contribution in [0.1, 0.15) is 44.0 Å². The quantitative estimate of drug-likeness (QED) is 0.816. The largest absolute Gasteiger partial charge is 0.370 e. The predicted octanol–water partition coefficient (Wildman–Crippen LogP) is 3.09. The summed E-state index contributed by atoms with van der Waals surface area (Å²) in [7, 11) is 0. The first-order valence-electron chi connectivity index (χ1n) is 6.66. The molecule has 0 unspecified atom stereocenters. The van der Waals surface area contributed by atoms with Crippen molar-refractivity contribution in [1.82, 2.24) is 10.3 Å². The predicted molar refractivity (Wildman–Crippen MR) is 77.7 cm³/mol. The average Bonchev–Trinajstić information content (AvgIpc) is 3.11. The van der Waals surface area contributed by atoms with Gasteiger partial charge < -0.3 is 10.6 Å². The van der Waals surface area contributed by atoms with Crippen molar-refractivity contribution < 1.29 is 4.79 Å². The fourth-order valence-corrected chi connectivity index (χ4v) is 2.38. The third kappa shape index (κ3) is 3.60. The van der Waals surface area contributed by atoms with Gasteiger partial charge in [0, 0.05) is 17.6 Å². The summed E-state index contributed by atoms with van der Waals surface area (Å²) >= 11 is 5.94. The molecule has 1 aliphatic rings. The topological polar surface area (TPSA) is 54.0 Å². The average molecular weight is 282 g/mol. The molecule has 1 fully saturated rings. The number of aromatic nitrogens is 1. The zero-order valence-electron chi connectivity index (χ0n) is 11.6. The molecule has 2 rings (SSSR count). The number of nitrogens with zero attached hydrogens (tertiary/aromatic N) is 1. The number of halogens is 1. The first kappa shape index (κ1) is 14.1. The molecule has 1 aromatic rings. The van der Waals surface area contributed by atoms with E-state index >= 15 is 0 Å². The van der Waals surface area contributed by atoms with Crippen LogP contribution >= 0.6 is 11.6 Å². The van der Waals surface area contributed by atoms with Crippen LogP contribution in [-0.2, 0) is 0 Å². The Labute approximate surface area is 118 Å². The molecule has 2 N–H and O–H groups in total. The summed E-state index contributed by atoms with van der Waals surface area (Å²) in [5.41, 5.74) is 0.384. The van der Waals surface area contributed by atoms with Crippen LogP contribution in [0, 0.1) is 5.92 Å². The molecule has 104 valence electrons. The molecule has 0 radical (unpaired) electrons. The maximum Gasteiger partial charge on any atom is 0.251 e. The Hall–Kier alpha value is -1.29. The maximum absolute atomic E-state index is 12.3. The molecular weight excluding hydrogens is 262 g/mol. The standard InChI is InChI=1S/C14H20ClN3O/c1-4-16-12-8-9(7-11(15)17-12)13(19)18-14(2,3)10-5-6-10/h7-8,10H,4-6H2,1-3H3,(H,16,17)(H,18,19). The lowest BCUT2D eigenvalue weighted by Gasteiger charge is -2.26. The van der Waals surface area contributed by atoms with E-state index in [1.54, 1.807) is 12.1 Å². The zero-order valence-corrected chi connectivity index (χ0v) is 12.3. The molecule has 1 aliphatic carbocycles. The minimum Gasteiger partial charge on any atom is -0.370 e. The Balaban J connectivity index is 2.13. The Kier molecular flexibility index (Phi) is 3.99. The van der Waals surface area contributed by atoms with E-state index in [0.717, 1.165) is 6.54 Å². The van der Waals surface area contributed by atoms with Gasteiger partial charge in [-0.15, -0.1) is 0 Å². The second-order valence-electron chi connectivity index (χ2n) is 5.54. The summed E-state index contributed by atoms with van der Waals surface area (Å²) < 4.78 is 0. The molecule has 1 aromatic heterocycles. The van der Waals surface area contributed by atoms with Gasteiger partial charge in [-0.3, -0.25) is 4.79 Å². The number of amides is 1. The lowest BCUT2D eigenvalue weighted by Crippen LogP contribution is -2.45. The van der Waals surface area contributed by atoms with Gasteiger partial charge in [0.05, 0.1) is 0 Å². The van der Waals surface area contributed by atoms with E-state index in [2.05, 4.69) is 29.5 Å². The second kappa shape index (κ2) is 5.37. The minimum absolute atomic E-state index is 0.0969. The Bertz CT molecular complexity index is 484. The van der Waals surface area contributed by atoms with Crippen molar-refractivity contribution in [1.29, 1.82) is 0 Å². The molecule has 0 aliphatic heterocycles. The van der Waals surface area contributed by atoms with E-state index in [4.69, 9.17) is 11.6 Å². The first-order chi connectivity index (χ1) is 8.92. The summed E-state index contributed by atoms with van der Waals surface area (Å²) in [5.74, 6) is 1.12. The third-order valence-corrected chi connectivity index (χ3v) is 3.64. The normalized spacial score (nSPS) is 15.2. The third-order valence-electron chi connectivity index (χ3n) is 3.45. The van der Waals surface area contributed by atoms with Gasteiger partial charge in [-0.2, -0.15) is 0 Å². The van der Waals surface area contributed by atoms with Gasteiger partial charge >= 0.3 is 0 Å². The second-order valence-corrected chi connectivity index (χ2v) is 5.93. The van der Waals surface area contributed by atoms with Crippen LogP contribution < -0.4 is 10.6 Å². The molecule has 1 heterocycles. The highest BCUT2D eigenvalue weighted by Crippen LogP contribution is 2.39. The van der Waals surface area contributed by atoms with E-state index in [-0.39, 0.29) is 11.4 Å². The molecule has 0 aromatic carbocycles. The molecule has 1 saturated carbocycles. The summed E-state index contributed by atoms with van der Waals surface area (Å²) in [5, 5.41) is 6.47. The van der Waals surface area contributed by atoms with E-state index in [1.165, 1.54) is 12.8 Å². The number of anilines is 1. The van der Waals surface area contributed by atoms with Crippen LogP contribution in [0.2, 0.25) is 5.15 Å². The first-order valence-corrected chi connectivity index (χ1v) is 7.04. The van der Waals surface area contributed by atoms with Gasteiger partial charge in [-0.25, -0.2) is 4.98 Å². The van der Waals surface area contributed by atoms with E-state index < -0.39 is 0 Å². The van der Waals surface area contributed by atoms with Crippen LogP contribution in [0.15, 0.2) is 12.1 Å². The SMILES string of the molecule is CCNc1cc(C(=O)NC(C)(C)C2CC2)cc(Cl)n1. The van der Waals surface area contributed by atoms with E-state index in [1.807, 2.05) is 6.92 Å². The van der Waals surface area contributed by atoms with Crippen molar-refractivity contribution in [2.24, 2.45) is 5.92 Å².